The molecule has 1 fully saturated rings. The van der Waals surface area contributed by atoms with Crippen LogP contribution >= 0.6 is 0 Å². The van der Waals surface area contributed by atoms with Crippen LogP contribution < -0.4 is 4.74 Å². The number of likely N-dealkylation sites (tertiary alicyclic amines) is 1. The quantitative estimate of drug-likeness (QED) is 0.891. The second-order valence-corrected chi connectivity index (χ2v) is 5.60. The molecule has 0 unspecified atom stereocenters. The number of aromatic amines is 1. The van der Waals surface area contributed by atoms with Crippen LogP contribution in [0.2, 0.25) is 0 Å². The summed E-state index contributed by atoms with van der Waals surface area (Å²) in [7, 11) is 1.72. The molecule has 0 radical (unpaired) electrons. The highest BCUT2D eigenvalue weighted by atomic mass is 16.5. The third-order valence-electron chi connectivity index (χ3n) is 4.53. The first-order chi connectivity index (χ1) is 8.83. The Hall–Kier alpha value is -1.03. The van der Waals surface area contributed by atoms with Gasteiger partial charge in [0.2, 0.25) is 5.88 Å². The lowest BCUT2D eigenvalue weighted by atomic mass is 9.77. The third-order valence-corrected chi connectivity index (χ3v) is 4.53. The van der Waals surface area contributed by atoms with Gasteiger partial charge in [0.1, 0.15) is 0 Å². The highest BCUT2D eigenvalue weighted by molar-refractivity contribution is 5.34. The number of nitrogens with zero attached hydrogens (tertiary/aromatic N) is 2. The summed E-state index contributed by atoms with van der Waals surface area (Å²) in [6.07, 6.45) is 6.22. The Morgan fingerprint density at radius 3 is 3.11 bits per heavy atom. The van der Waals surface area contributed by atoms with Crippen molar-refractivity contribution in [2.24, 2.45) is 5.92 Å². The standard InChI is InChI=1S/C14H23N3O/c1-3-6-17-7-4-5-10-8-12-11(9-13(10)17)14(18-2)16-15-12/h10,13H,3-9H2,1-2H3,(H,15,16)/t10-,13-/m1/s1. The summed E-state index contributed by atoms with van der Waals surface area (Å²) >= 11 is 0. The van der Waals surface area contributed by atoms with Crippen molar-refractivity contribution in [2.45, 2.75) is 45.1 Å². The number of piperidine rings is 1. The zero-order chi connectivity index (χ0) is 12.5. The third kappa shape index (κ3) is 1.92. The average Bonchev–Trinajstić information content (AvgIpc) is 2.79. The molecule has 0 spiro atoms. The molecule has 4 heteroatoms. The van der Waals surface area contributed by atoms with Crippen LogP contribution in [0.4, 0.5) is 0 Å². The van der Waals surface area contributed by atoms with Gasteiger partial charge in [0.15, 0.2) is 0 Å². The number of hydrogen-bond donors (Lipinski definition) is 1. The van der Waals surface area contributed by atoms with Gasteiger partial charge >= 0.3 is 0 Å². The number of nitrogens with one attached hydrogen (secondary N) is 1. The zero-order valence-corrected chi connectivity index (χ0v) is 11.4. The Morgan fingerprint density at radius 1 is 1.44 bits per heavy atom. The molecule has 1 aromatic rings. The number of hydrogen-bond acceptors (Lipinski definition) is 3. The molecule has 0 aromatic carbocycles. The van der Waals surface area contributed by atoms with E-state index in [0.29, 0.717) is 6.04 Å². The largest absolute Gasteiger partial charge is 0.480 e. The molecule has 1 aliphatic carbocycles. The fourth-order valence-corrected chi connectivity index (χ4v) is 3.71. The van der Waals surface area contributed by atoms with E-state index in [1.165, 1.54) is 43.6 Å². The van der Waals surface area contributed by atoms with E-state index in [-0.39, 0.29) is 0 Å². The van der Waals surface area contributed by atoms with Gasteiger partial charge in [0.05, 0.1) is 7.11 Å². The number of ether oxygens (including phenoxy) is 1. The van der Waals surface area contributed by atoms with Crippen molar-refractivity contribution in [3.05, 3.63) is 11.3 Å². The van der Waals surface area contributed by atoms with Crippen molar-refractivity contribution in [3.8, 4) is 5.88 Å². The molecular weight excluding hydrogens is 226 g/mol. The van der Waals surface area contributed by atoms with E-state index < -0.39 is 0 Å². The lowest BCUT2D eigenvalue weighted by molar-refractivity contribution is 0.0844. The minimum absolute atomic E-state index is 0.706. The van der Waals surface area contributed by atoms with Crippen molar-refractivity contribution in [3.63, 3.8) is 0 Å². The molecule has 4 nitrogen and oxygen atoms in total. The Bertz CT molecular complexity index is 413. The Kier molecular flexibility index (Phi) is 3.29. The molecule has 2 heterocycles. The maximum absolute atomic E-state index is 5.37. The summed E-state index contributed by atoms with van der Waals surface area (Å²) < 4.78 is 5.37. The molecule has 1 N–H and O–H groups in total. The van der Waals surface area contributed by atoms with Crippen LogP contribution in [-0.2, 0) is 12.8 Å². The second kappa shape index (κ2) is 4.92. The molecule has 18 heavy (non-hydrogen) atoms. The van der Waals surface area contributed by atoms with E-state index in [4.69, 9.17) is 4.74 Å². The molecule has 1 aromatic heterocycles. The van der Waals surface area contributed by atoms with Crippen molar-refractivity contribution < 1.29 is 4.74 Å². The Labute approximate surface area is 109 Å². The first kappa shape index (κ1) is 12.0. The summed E-state index contributed by atoms with van der Waals surface area (Å²) in [5.74, 6) is 1.62. The van der Waals surface area contributed by atoms with Gasteiger partial charge in [0, 0.05) is 17.3 Å². The monoisotopic (exact) mass is 249 g/mol. The molecule has 3 rings (SSSR count). The molecule has 0 bridgehead atoms. The van der Waals surface area contributed by atoms with Crippen LogP contribution in [0.1, 0.15) is 37.4 Å². The van der Waals surface area contributed by atoms with Crippen LogP contribution in [0, 0.1) is 5.92 Å². The van der Waals surface area contributed by atoms with Crippen molar-refractivity contribution >= 4 is 0 Å². The summed E-state index contributed by atoms with van der Waals surface area (Å²) in [6, 6.07) is 0.706. The summed E-state index contributed by atoms with van der Waals surface area (Å²) in [4.78, 5) is 2.68. The number of aromatic nitrogens is 2. The lowest BCUT2D eigenvalue weighted by Crippen LogP contribution is -2.49. The molecule has 0 amide bonds. The van der Waals surface area contributed by atoms with E-state index >= 15 is 0 Å². The number of H-pyrrole nitrogens is 1. The maximum Gasteiger partial charge on any atom is 0.235 e. The van der Waals surface area contributed by atoms with Gasteiger partial charge in [-0.25, -0.2) is 0 Å². The second-order valence-electron chi connectivity index (χ2n) is 5.60. The topological polar surface area (TPSA) is 41.2 Å². The summed E-state index contributed by atoms with van der Waals surface area (Å²) in [6.45, 7) is 4.78. The fraction of sp³-hybridized carbons (Fsp3) is 0.786. The number of fused-ring (bicyclic) bond motifs is 2. The van der Waals surface area contributed by atoms with Gasteiger partial charge in [-0.3, -0.25) is 10.00 Å². The van der Waals surface area contributed by atoms with Crippen LogP contribution in [0.25, 0.3) is 0 Å². The van der Waals surface area contributed by atoms with Crippen LogP contribution in [0.5, 0.6) is 5.88 Å². The fourth-order valence-electron chi connectivity index (χ4n) is 3.71. The predicted molar refractivity (Wildman–Crippen MR) is 70.9 cm³/mol. The van der Waals surface area contributed by atoms with Gasteiger partial charge in [-0.15, -0.1) is 5.10 Å². The lowest BCUT2D eigenvalue weighted by Gasteiger charge is -2.43. The Balaban J connectivity index is 1.85. The van der Waals surface area contributed by atoms with Gasteiger partial charge in [0.25, 0.3) is 0 Å². The summed E-state index contributed by atoms with van der Waals surface area (Å²) in [5.41, 5.74) is 2.63. The number of rotatable bonds is 3. The molecule has 2 aliphatic rings. The molecule has 100 valence electrons. The van der Waals surface area contributed by atoms with Gasteiger partial charge in [-0.05, 0) is 51.1 Å². The first-order valence-electron chi connectivity index (χ1n) is 7.17. The minimum Gasteiger partial charge on any atom is -0.480 e. The van der Waals surface area contributed by atoms with E-state index in [1.54, 1.807) is 7.11 Å². The van der Waals surface area contributed by atoms with E-state index in [9.17, 15) is 0 Å². The number of methoxy groups -OCH3 is 1. The van der Waals surface area contributed by atoms with E-state index in [0.717, 1.165) is 24.6 Å². The van der Waals surface area contributed by atoms with Crippen molar-refractivity contribution in [1.82, 2.24) is 15.1 Å². The molecule has 0 saturated carbocycles. The van der Waals surface area contributed by atoms with Gasteiger partial charge in [-0.2, -0.15) is 0 Å². The predicted octanol–water partition coefficient (Wildman–Crippen LogP) is 2.01. The van der Waals surface area contributed by atoms with Crippen LogP contribution in [0.15, 0.2) is 0 Å². The molecule has 1 aliphatic heterocycles. The summed E-state index contributed by atoms with van der Waals surface area (Å²) in [5, 5.41) is 7.44. The van der Waals surface area contributed by atoms with Crippen LogP contribution in [0.3, 0.4) is 0 Å². The van der Waals surface area contributed by atoms with E-state index in [2.05, 4.69) is 22.0 Å². The van der Waals surface area contributed by atoms with Crippen molar-refractivity contribution in [1.29, 1.82) is 0 Å². The van der Waals surface area contributed by atoms with Gasteiger partial charge < -0.3 is 4.74 Å². The SMILES string of the molecule is CCCN1CCC[C@@H]2Cc3[nH]nc(OC)c3C[C@H]21. The maximum atomic E-state index is 5.37. The smallest absolute Gasteiger partial charge is 0.235 e. The normalized spacial score (nSPS) is 27.7. The Morgan fingerprint density at radius 2 is 2.33 bits per heavy atom. The molecule has 1 saturated heterocycles. The highest BCUT2D eigenvalue weighted by Gasteiger charge is 2.37. The average molecular weight is 249 g/mol. The minimum atomic E-state index is 0.706. The van der Waals surface area contributed by atoms with Gasteiger partial charge in [-0.1, -0.05) is 6.92 Å². The van der Waals surface area contributed by atoms with Crippen molar-refractivity contribution in [2.75, 3.05) is 20.2 Å². The molecular formula is C14H23N3O. The van der Waals surface area contributed by atoms with Crippen LogP contribution in [-0.4, -0.2) is 41.3 Å². The first-order valence-corrected chi connectivity index (χ1v) is 7.17. The zero-order valence-electron chi connectivity index (χ0n) is 11.4. The van der Waals surface area contributed by atoms with E-state index in [1.807, 2.05) is 0 Å². The molecule has 2 atom stereocenters. The highest BCUT2D eigenvalue weighted by Crippen LogP contribution is 2.37.